The smallest absolute Gasteiger partial charge is 0.316 e. The highest BCUT2D eigenvalue weighted by Gasteiger charge is 2.14. The summed E-state index contributed by atoms with van der Waals surface area (Å²) < 4.78 is 4.47. The van der Waals surface area contributed by atoms with Crippen molar-refractivity contribution in [1.82, 2.24) is 0 Å². The van der Waals surface area contributed by atoms with E-state index in [9.17, 15) is 14.7 Å². The minimum absolute atomic E-state index is 0.0940. The maximum Gasteiger partial charge on any atom is 0.316 e. The number of ether oxygens (including phenoxy) is 1. The Morgan fingerprint density at radius 2 is 1.86 bits per heavy atom. The highest BCUT2D eigenvalue weighted by atomic mass is 16.6. The highest BCUT2D eigenvalue weighted by molar-refractivity contribution is 5.85. The fraction of sp³-hybridized carbons (Fsp3) is 0.800. The van der Waals surface area contributed by atoms with Gasteiger partial charge in [0.05, 0.1) is 12.5 Å². The zero-order valence-corrected chi connectivity index (χ0v) is 8.78. The molecule has 0 saturated heterocycles. The van der Waals surface area contributed by atoms with E-state index in [2.05, 4.69) is 4.74 Å². The lowest BCUT2D eigenvalue weighted by atomic mass is 10.1. The predicted molar refractivity (Wildman–Crippen MR) is 51.5 cm³/mol. The number of hydrogen-bond acceptors (Lipinski definition) is 4. The van der Waals surface area contributed by atoms with E-state index in [0.717, 1.165) is 6.42 Å². The van der Waals surface area contributed by atoms with E-state index in [-0.39, 0.29) is 12.8 Å². The van der Waals surface area contributed by atoms with Gasteiger partial charge in [0, 0.05) is 6.42 Å². The summed E-state index contributed by atoms with van der Waals surface area (Å²) in [6.07, 6.45) is 1.47. The van der Waals surface area contributed by atoms with Gasteiger partial charge in [0.1, 0.15) is 0 Å². The van der Waals surface area contributed by atoms with Crippen molar-refractivity contribution in [3.63, 3.8) is 0 Å². The van der Waals surface area contributed by atoms with Crippen LogP contribution in [0.25, 0.3) is 0 Å². The molecule has 1 unspecified atom stereocenters. The van der Waals surface area contributed by atoms with Gasteiger partial charge >= 0.3 is 11.9 Å². The number of aliphatic hydroxyl groups excluding tert-OH is 1. The Balaban J connectivity index is 3.69. The summed E-state index contributed by atoms with van der Waals surface area (Å²) in [5.74, 6) is -1.15. The normalized spacial score (nSPS) is 12.2. The van der Waals surface area contributed by atoms with E-state index in [1.165, 1.54) is 0 Å². The van der Waals surface area contributed by atoms with Crippen molar-refractivity contribution < 1.29 is 19.4 Å². The topological polar surface area (TPSA) is 63.6 Å². The van der Waals surface area contributed by atoms with Gasteiger partial charge in [0.15, 0.2) is 0 Å². The molecule has 0 saturated carbocycles. The largest absolute Gasteiger partial charge is 0.393 e. The first-order valence-corrected chi connectivity index (χ1v) is 5.01. The summed E-state index contributed by atoms with van der Waals surface area (Å²) >= 11 is 0. The van der Waals surface area contributed by atoms with Crippen LogP contribution in [0.15, 0.2) is 0 Å². The molecule has 1 N–H and O–H groups in total. The summed E-state index contributed by atoms with van der Waals surface area (Å²) in [6, 6.07) is 0. The molecule has 0 aromatic rings. The number of carbonyl (C=O) groups is 2. The number of rotatable bonds is 6. The van der Waals surface area contributed by atoms with Crippen LogP contribution in [0.2, 0.25) is 0 Å². The van der Waals surface area contributed by atoms with E-state index in [4.69, 9.17) is 0 Å². The fourth-order valence-corrected chi connectivity index (χ4v) is 1.05. The molecule has 0 spiro atoms. The highest BCUT2D eigenvalue weighted by Crippen LogP contribution is 2.03. The molecule has 0 bridgehead atoms. The zero-order valence-electron chi connectivity index (χ0n) is 8.78. The average Bonchev–Trinajstić information content (AvgIpc) is 2.03. The summed E-state index contributed by atoms with van der Waals surface area (Å²) in [6.45, 7) is 3.74. The Kier molecular flexibility index (Phi) is 7.02. The van der Waals surface area contributed by atoms with Crippen LogP contribution in [-0.4, -0.2) is 23.1 Å². The quantitative estimate of drug-likeness (QED) is 0.522. The lowest BCUT2D eigenvalue weighted by Gasteiger charge is -2.07. The van der Waals surface area contributed by atoms with Gasteiger partial charge in [-0.2, -0.15) is 0 Å². The molecular formula is C10H18O4. The third-order valence-electron chi connectivity index (χ3n) is 1.71. The first-order chi connectivity index (χ1) is 6.60. The van der Waals surface area contributed by atoms with Gasteiger partial charge < -0.3 is 9.84 Å². The summed E-state index contributed by atoms with van der Waals surface area (Å²) in [7, 11) is 0. The minimum Gasteiger partial charge on any atom is -0.393 e. The Bertz CT molecular complexity index is 189. The van der Waals surface area contributed by atoms with Crippen molar-refractivity contribution in [1.29, 1.82) is 0 Å². The molecule has 0 aliphatic carbocycles. The molecular weight excluding hydrogens is 184 g/mol. The first kappa shape index (κ1) is 13.1. The molecule has 1 atom stereocenters. The Morgan fingerprint density at radius 3 is 2.36 bits per heavy atom. The molecule has 0 radical (unpaired) electrons. The fourth-order valence-electron chi connectivity index (χ4n) is 1.05. The SMILES string of the molecule is CCCC(=O)OC(=O)CC(O)CCC. The second-order valence-electron chi connectivity index (χ2n) is 3.24. The van der Waals surface area contributed by atoms with Crippen molar-refractivity contribution in [2.24, 2.45) is 0 Å². The molecule has 14 heavy (non-hydrogen) atoms. The van der Waals surface area contributed by atoms with E-state index >= 15 is 0 Å². The Hall–Kier alpha value is -0.900. The number of esters is 2. The second kappa shape index (κ2) is 7.50. The monoisotopic (exact) mass is 202 g/mol. The van der Waals surface area contributed by atoms with E-state index < -0.39 is 18.0 Å². The van der Waals surface area contributed by atoms with Gasteiger partial charge in [-0.25, -0.2) is 0 Å². The maximum absolute atomic E-state index is 11.0. The lowest BCUT2D eigenvalue weighted by molar-refractivity contribution is -0.160. The Labute approximate surface area is 84.3 Å². The molecule has 0 amide bonds. The first-order valence-electron chi connectivity index (χ1n) is 5.01. The second-order valence-corrected chi connectivity index (χ2v) is 3.24. The number of carbonyl (C=O) groups excluding carboxylic acids is 2. The van der Waals surface area contributed by atoms with Crippen LogP contribution >= 0.6 is 0 Å². The van der Waals surface area contributed by atoms with Gasteiger partial charge in [0.25, 0.3) is 0 Å². The van der Waals surface area contributed by atoms with Crippen molar-refractivity contribution in [2.45, 2.75) is 52.1 Å². The van der Waals surface area contributed by atoms with E-state index in [0.29, 0.717) is 12.8 Å². The number of hydrogen-bond donors (Lipinski definition) is 1. The van der Waals surface area contributed by atoms with Gasteiger partial charge in [-0.3, -0.25) is 9.59 Å². The van der Waals surface area contributed by atoms with Crippen molar-refractivity contribution in [2.75, 3.05) is 0 Å². The third kappa shape index (κ3) is 6.60. The summed E-state index contributed by atoms with van der Waals surface area (Å²) in [5.41, 5.74) is 0. The van der Waals surface area contributed by atoms with Crippen LogP contribution in [0.4, 0.5) is 0 Å². The standard InChI is InChI=1S/C10H18O4/c1-3-5-8(11)7-10(13)14-9(12)6-4-2/h8,11H,3-7H2,1-2H3. The number of aliphatic hydroxyl groups is 1. The predicted octanol–water partition coefficient (Wildman–Crippen LogP) is 1.41. The van der Waals surface area contributed by atoms with Crippen LogP contribution in [0.1, 0.15) is 46.0 Å². The van der Waals surface area contributed by atoms with Crippen molar-refractivity contribution >= 4 is 11.9 Å². The van der Waals surface area contributed by atoms with Crippen LogP contribution in [0.3, 0.4) is 0 Å². The molecule has 0 aromatic carbocycles. The van der Waals surface area contributed by atoms with Gasteiger partial charge in [-0.1, -0.05) is 20.3 Å². The van der Waals surface area contributed by atoms with Crippen LogP contribution in [0, 0.1) is 0 Å². The van der Waals surface area contributed by atoms with Crippen LogP contribution < -0.4 is 0 Å². The zero-order chi connectivity index (χ0) is 11.0. The van der Waals surface area contributed by atoms with Gasteiger partial charge in [0.2, 0.25) is 0 Å². The Morgan fingerprint density at radius 1 is 1.21 bits per heavy atom. The third-order valence-corrected chi connectivity index (χ3v) is 1.71. The summed E-state index contributed by atoms with van der Waals surface area (Å²) in [5, 5.41) is 9.25. The maximum atomic E-state index is 11.0. The van der Waals surface area contributed by atoms with E-state index in [1.807, 2.05) is 13.8 Å². The summed E-state index contributed by atoms with van der Waals surface area (Å²) in [4.78, 5) is 21.9. The molecule has 0 fully saturated rings. The van der Waals surface area contributed by atoms with Gasteiger partial charge in [-0.05, 0) is 12.8 Å². The van der Waals surface area contributed by atoms with Crippen molar-refractivity contribution in [3.8, 4) is 0 Å². The molecule has 0 rings (SSSR count). The van der Waals surface area contributed by atoms with Crippen molar-refractivity contribution in [3.05, 3.63) is 0 Å². The van der Waals surface area contributed by atoms with Crippen LogP contribution in [-0.2, 0) is 14.3 Å². The molecule has 4 heteroatoms. The van der Waals surface area contributed by atoms with E-state index in [1.54, 1.807) is 0 Å². The van der Waals surface area contributed by atoms with Crippen LogP contribution in [0.5, 0.6) is 0 Å². The van der Waals surface area contributed by atoms with Gasteiger partial charge in [-0.15, -0.1) is 0 Å². The molecule has 0 aliphatic heterocycles. The molecule has 0 aliphatic rings. The average molecular weight is 202 g/mol. The minimum atomic E-state index is -0.693. The lowest BCUT2D eigenvalue weighted by Crippen LogP contribution is -2.18. The molecule has 0 heterocycles. The molecule has 4 nitrogen and oxygen atoms in total. The molecule has 82 valence electrons. The molecule has 0 aromatic heterocycles.